The number of benzene rings is 2. The van der Waals surface area contributed by atoms with E-state index in [1.807, 2.05) is 30.3 Å². The van der Waals surface area contributed by atoms with E-state index < -0.39 is 11.5 Å². The predicted molar refractivity (Wildman–Crippen MR) is 116 cm³/mol. The van der Waals surface area contributed by atoms with Crippen molar-refractivity contribution in [1.29, 1.82) is 0 Å². The number of ketones is 2. The number of piperidine rings is 1. The van der Waals surface area contributed by atoms with Gasteiger partial charge in [0.15, 0.2) is 11.6 Å². The van der Waals surface area contributed by atoms with Gasteiger partial charge in [-0.2, -0.15) is 0 Å². The standard InChI is InChI=1S/C25H29NO4/c1-24(2,3)18-10-9-16(15-20(18)29-4)22(27)21-23(28)17-7-5-6-8-19(17)30-25(21)11-13-26-14-12-25/h5-10,15,21,26H,11-14H2,1-4H3. The predicted octanol–water partition coefficient (Wildman–Crippen LogP) is 4.19. The van der Waals surface area contributed by atoms with Crippen molar-refractivity contribution >= 4 is 11.6 Å². The first kappa shape index (κ1) is 20.6. The molecule has 30 heavy (non-hydrogen) atoms. The van der Waals surface area contributed by atoms with Crippen molar-refractivity contribution in [3.05, 3.63) is 59.2 Å². The lowest BCUT2D eigenvalue weighted by Gasteiger charge is -2.45. The van der Waals surface area contributed by atoms with Crippen LogP contribution in [0.1, 0.15) is 59.9 Å². The summed E-state index contributed by atoms with van der Waals surface area (Å²) in [5, 5.41) is 3.31. The molecule has 0 aromatic heterocycles. The molecule has 1 fully saturated rings. The zero-order chi connectivity index (χ0) is 21.5. The quantitative estimate of drug-likeness (QED) is 0.611. The number of rotatable bonds is 3. The van der Waals surface area contributed by atoms with E-state index in [0.29, 0.717) is 48.6 Å². The van der Waals surface area contributed by atoms with Gasteiger partial charge < -0.3 is 14.8 Å². The van der Waals surface area contributed by atoms with Gasteiger partial charge in [-0.25, -0.2) is 0 Å². The molecule has 0 saturated carbocycles. The fraction of sp³-hybridized carbons (Fsp3) is 0.440. The topological polar surface area (TPSA) is 64.6 Å². The third-order valence-corrected chi connectivity index (χ3v) is 6.26. The van der Waals surface area contributed by atoms with Crippen LogP contribution in [0, 0.1) is 5.92 Å². The highest BCUT2D eigenvalue weighted by atomic mass is 16.5. The molecule has 1 saturated heterocycles. The summed E-state index contributed by atoms with van der Waals surface area (Å²) < 4.78 is 12.0. The molecular formula is C25H29NO4. The minimum absolute atomic E-state index is 0.119. The highest BCUT2D eigenvalue weighted by Gasteiger charge is 2.53. The lowest BCUT2D eigenvalue weighted by atomic mass is 9.70. The first-order valence-electron chi connectivity index (χ1n) is 10.5. The molecule has 1 spiro atoms. The molecule has 0 bridgehead atoms. The van der Waals surface area contributed by atoms with E-state index >= 15 is 0 Å². The molecule has 4 rings (SSSR count). The van der Waals surface area contributed by atoms with Crippen LogP contribution in [-0.4, -0.2) is 37.4 Å². The van der Waals surface area contributed by atoms with Crippen LogP contribution < -0.4 is 14.8 Å². The number of fused-ring (bicyclic) bond motifs is 1. The molecule has 1 atom stereocenters. The fourth-order valence-corrected chi connectivity index (χ4v) is 4.66. The molecule has 1 N–H and O–H groups in total. The molecule has 158 valence electrons. The van der Waals surface area contributed by atoms with Gasteiger partial charge in [-0.3, -0.25) is 9.59 Å². The third kappa shape index (κ3) is 3.41. The van der Waals surface area contributed by atoms with Gasteiger partial charge in [0.25, 0.3) is 0 Å². The Morgan fingerprint density at radius 3 is 2.50 bits per heavy atom. The van der Waals surface area contributed by atoms with Crippen LogP contribution in [0.15, 0.2) is 42.5 Å². The average molecular weight is 408 g/mol. The maximum Gasteiger partial charge on any atom is 0.181 e. The number of para-hydroxylation sites is 1. The number of nitrogens with one attached hydrogen (secondary N) is 1. The Kier molecular flexibility index (Phi) is 5.18. The number of methoxy groups -OCH3 is 1. The van der Waals surface area contributed by atoms with Crippen molar-refractivity contribution in [2.45, 2.75) is 44.6 Å². The van der Waals surface area contributed by atoms with Crippen LogP contribution >= 0.6 is 0 Å². The summed E-state index contributed by atoms with van der Waals surface area (Å²) in [5.74, 6) is 0.0314. The molecule has 0 amide bonds. The van der Waals surface area contributed by atoms with Crippen LogP contribution in [0.5, 0.6) is 11.5 Å². The summed E-state index contributed by atoms with van der Waals surface area (Å²) in [6, 6.07) is 12.7. The smallest absolute Gasteiger partial charge is 0.181 e. The summed E-state index contributed by atoms with van der Waals surface area (Å²) in [6.07, 6.45) is 1.22. The van der Waals surface area contributed by atoms with Crippen LogP contribution in [0.3, 0.4) is 0 Å². The zero-order valence-electron chi connectivity index (χ0n) is 18.1. The molecular weight excluding hydrogens is 378 g/mol. The van der Waals surface area contributed by atoms with Gasteiger partial charge in [-0.1, -0.05) is 45.0 Å². The number of hydrogen-bond acceptors (Lipinski definition) is 5. The lowest BCUT2D eigenvalue weighted by molar-refractivity contribution is -0.0138. The molecule has 2 aliphatic rings. The second-order valence-corrected chi connectivity index (χ2v) is 9.24. The van der Waals surface area contributed by atoms with Crippen molar-refractivity contribution in [3.63, 3.8) is 0 Å². The molecule has 5 nitrogen and oxygen atoms in total. The Morgan fingerprint density at radius 1 is 1.13 bits per heavy atom. The maximum absolute atomic E-state index is 13.7. The molecule has 5 heteroatoms. The van der Waals surface area contributed by atoms with Crippen molar-refractivity contribution in [1.82, 2.24) is 5.32 Å². The van der Waals surface area contributed by atoms with E-state index in [1.165, 1.54) is 0 Å². The highest BCUT2D eigenvalue weighted by molar-refractivity contribution is 6.18. The van der Waals surface area contributed by atoms with Crippen molar-refractivity contribution in [2.24, 2.45) is 5.92 Å². The van der Waals surface area contributed by atoms with Gasteiger partial charge in [0.1, 0.15) is 23.0 Å². The van der Waals surface area contributed by atoms with E-state index in [1.54, 1.807) is 19.2 Å². The molecule has 2 aromatic carbocycles. The molecule has 2 aliphatic heterocycles. The summed E-state index contributed by atoms with van der Waals surface area (Å²) >= 11 is 0. The Balaban J connectivity index is 1.79. The van der Waals surface area contributed by atoms with E-state index in [4.69, 9.17) is 9.47 Å². The average Bonchev–Trinajstić information content (AvgIpc) is 2.73. The largest absolute Gasteiger partial charge is 0.496 e. The van der Waals surface area contributed by atoms with Crippen molar-refractivity contribution in [2.75, 3.05) is 20.2 Å². The Morgan fingerprint density at radius 2 is 1.83 bits per heavy atom. The van der Waals surface area contributed by atoms with Gasteiger partial charge >= 0.3 is 0 Å². The molecule has 1 unspecified atom stereocenters. The van der Waals surface area contributed by atoms with E-state index in [2.05, 4.69) is 26.1 Å². The lowest BCUT2D eigenvalue weighted by Crippen LogP contribution is -2.58. The van der Waals surface area contributed by atoms with Crippen LogP contribution in [-0.2, 0) is 5.41 Å². The number of Topliss-reactive ketones (excluding diaryl/α,β-unsaturated/α-hetero) is 2. The number of hydrogen-bond donors (Lipinski definition) is 1. The summed E-state index contributed by atoms with van der Waals surface area (Å²) in [5.41, 5.74) is 1.06. The number of ether oxygens (including phenoxy) is 2. The molecule has 0 aliphatic carbocycles. The van der Waals surface area contributed by atoms with E-state index in [-0.39, 0.29) is 17.0 Å². The second kappa shape index (κ2) is 7.55. The first-order chi connectivity index (χ1) is 14.3. The van der Waals surface area contributed by atoms with Gasteiger partial charge in [-0.05, 0) is 42.3 Å². The Labute approximate surface area is 177 Å². The Hall–Kier alpha value is -2.66. The third-order valence-electron chi connectivity index (χ3n) is 6.26. The maximum atomic E-state index is 13.7. The van der Waals surface area contributed by atoms with Crippen molar-refractivity contribution in [3.8, 4) is 11.5 Å². The van der Waals surface area contributed by atoms with Gasteiger partial charge in [0.05, 0.1) is 12.7 Å². The summed E-state index contributed by atoms with van der Waals surface area (Å²) in [4.78, 5) is 27.3. The normalized spacial score (nSPS) is 20.4. The highest BCUT2D eigenvalue weighted by Crippen LogP contribution is 2.44. The second-order valence-electron chi connectivity index (χ2n) is 9.24. The van der Waals surface area contributed by atoms with Gasteiger partial charge in [-0.15, -0.1) is 0 Å². The van der Waals surface area contributed by atoms with Gasteiger partial charge in [0, 0.05) is 18.4 Å². The molecule has 2 aromatic rings. The zero-order valence-corrected chi connectivity index (χ0v) is 18.1. The molecule has 2 heterocycles. The van der Waals surface area contributed by atoms with Gasteiger partial charge in [0.2, 0.25) is 0 Å². The summed E-state index contributed by atoms with van der Waals surface area (Å²) in [7, 11) is 1.61. The van der Waals surface area contributed by atoms with Crippen LogP contribution in [0.25, 0.3) is 0 Å². The fourth-order valence-electron chi connectivity index (χ4n) is 4.66. The van der Waals surface area contributed by atoms with E-state index in [9.17, 15) is 9.59 Å². The number of carbonyl (C=O) groups is 2. The van der Waals surface area contributed by atoms with Crippen molar-refractivity contribution < 1.29 is 19.1 Å². The minimum Gasteiger partial charge on any atom is -0.496 e. The number of carbonyl (C=O) groups excluding carboxylic acids is 2. The summed E-state index contributed by atoms with van der Waals surface area (Å²) in [6.45, 7) is 7.74. The van der Waals surface area contributed by atoms with Crippen LogP contribution in [0.2, 0.25) is 0 Å². The Bertz CT molecular complexity index is 983. The SMILES string of the molecule is COc1cc(C(=O)C2C(=O)c3ccccc3OC23CCNCC3)ccc1C(C)(C)C. The molecule has 0 radical (unpaired) electrons. The monoisotopic (exact) mass is 407 g/mol. The van der Waals surface area contributed by atoms with E-state index in [0.717, 1.165) is 5.56 Å². The van der Waals surface area contributed by atoms with Crippen LogP contribution in [0.4, 0.5) is 0 Å². The minimum atomic E-state index is -0.861. The first-order valence-corrected chi connectivity index (χ1v) is 10.5.